The van der Waals surface area contributed by atoms with Gasteiger partial charge in [-0.05, 0) is 38.1 Å². The van der Waals surface area contributed by atoms with E-state index in [4.69, 9.17) is 4.42 Å². The molecule has 0 bridgehead atoms. The van der Waals surface area contributed by atoms with Gasteiger partial charge in [-0.3, -0.25) is 10.1 Å². The summed E-state index contributed by atoms with van der Waals surface area (Å²) in [6.45, 7) is 2.02. The lowest BCUT2D eigenvalue weighted by Gasteiger charge is -2.19. The number of carbonyl (C=O) groups excluding carboxylic acids is 1. The molecule has 1 fully saturated rings. The maximum absolute atomic E-state index is 11.8. The molecule has 0 spiro atoms. The Morgan fingerprint density at radius 3 is 3.00 bits per heavy atom. The Bertz CT molecular complexity index is 546. The van der Waals surface area contributed by atoms with Crippen molar-refractivity contribution in [3.05, 3.63) is 29.2 Å². The molecule has 0 radical (unpaired) electrons. The van der Waals surface area contributed by atoms with E-state index < -0.39 is 0 Å². The predicted molar refractivity (Wildman–Crippen MR) is 71.4 cm³/mol. The van der Waals surface area contributed by atoms with Crippen molar-refractivity contribution < 1.29 is 9.21 Å². The number of hydrogen-bond acceptors (Lipinski definition) is 6. The summed E-state index contributed by atoms with van der Waals surface area (Å²) in [6, 6.07) is 3.29. The number of nitrogens with zero attached hydrogens (tertiary/aromatic N) is 2. The number of rotatable bonds is 3. The van der Waals surface area contributed by atoms with Crippen LogP contribution in [-0.4, -0.2) is 29.2 Å². The van der Waals surface area contributed by atoms with Crippen LogP contribution in [0.5, 0.6) is 0 Å². The molecule has 6 nitrogen and oxygen atoms in total. The van der Waals surface area contributed by atoms with Gasteiger partial charge in [0.25, 0.3) is 5.91 Å². The van der Waals surface area contributed by atoms with Crippen LogP contribution >= 0.6 is 11.3 Å². The van der Waals surface area contributed by atoms with Crippen LogP contribution < -0.4 is 10.6 Å². The molecule has 19 heavy (non-hydrogen) atoms. The zero-order chi connectivity index (χ0) is 13.1. The molecule has 1 saturated heterocycles. The van der Waals surface area contributed by atoms with Crippen LogP contribution in [0.3, 0.4) is 0 Å². The van der Waals surface area contributed by atoms with Crippen LogP contribution in [0.25, 0.3) is 0 Å². The Balaban J connectivity index is 1.66. The van der Waals surface area contributed by atoms with Gasteiger partial charge < -0.3 is 9.73 Å². The number of carbonyl (C=O) groups is 1. The van der Waals surface area contributed by atoms with E-state index in [9.17, 15) is 4.79 Å². The smallest absolute Gasteiger partial charge is 0.293 e. The Labute approximate surface area is 114 Å². The summed E-state index contributed by atoms with van der Waals surface area (Å²) in [5, 5.41) is 15.7. The van der Waals surface area contributed by atoms with Crippen molar-refractivity contribution in [2.75, 3.05) is 18.4 Å². The van der Waals surface area contributed by atoms with Crippen LogP contribution in [-0.2, 0) is 0 Å². The number of anilines is 1. The SMILES string of the molecule is O=C(Nc1nnc(C2CCNCC2)s1)c1ccco1. The lowest BCUT2D eigenvalue weighted by atomic mass is 9.99. The third kappa shape index (κ3) is 2.82. The van der Waals surface area contributed by atoms with Crippen molar-refractivity contribution in [1.82, 2.24) is 15.5 Å². The minimum atomic E-state index is -0.294. The van der Waals surface area contributed by atoms with E-state index in [0.29, 0.717) is 11.0 Å². The molecule has 100 valence electrons. The van der Waals surface area contributed by atoms with Crippen molar-refractivity contribution in [1.29, 1.82) is 0 Å². The largest absolute Gasteiger partial charge is 0.459 e. The van der Waals surface area contributed by atoms with Crippen molar-refractivity contribution >= 4 is 22.4 Å². The molecule has 0 aliphatic carbocycles. The molecule has 2 N–H and O–H groups in total. The van der Waals surface area contributed by atoms with E-state index in [1.807, 2.05) is 0 Å². The molecule has 7 heteroatoms. The molecule has 3 heterocycles. The van der Waals surface area contributed by atoms with Gasteiger partial charge in [-0.15, -0.1) is 10.2 Å². The highest BCUT2D eigenvalue weighted by molar-refractivity contribution is 7.15. The Morgan fingerprint density at radius 2 is 2.26 bits per heavy atom. The highest BCUT2D eigenvalue weighted by Crippen LogP contribution is 2.29. The standard InChI is InChI=1S/C12H14N4O2S/c17-10(9-2-1-7-18-9)14-12-16-15-11(19-12)8-3-5-13-6-4-8/h1-2,7-8,13H,3-6H2,(H,14,16,17). The van der Waals surface area contributed by atoms with Crippen LogP contribution in [0.4, 0.5) is 5.13 Å². The minimum absolute atomic E-state index is 0.276. The van der Waals surface area contributed by atoms with Gasteiger partial charge in [0.15, 0.2) is 5.76 Å². The van der Waals surface area contributed by atoms with Crippen molar-refractivity contribution in [2.45, 2.75) is 18.8 Å². The molecule has 3 rings (SSSR count). The average molecular weight is 278 g/mol. The number of piperidine rings is 1. The maximum atomic E-state index is 11.8. The Hall–Kier alpha value is -1.73. The molecule has 0 aromatic carbocycles. The summed E-state index contributed by atoms with van der Waals surface area (Å²) in [5.74, 6) is 0.435. The van der Waals surface area contributed by atoms with Gasteiger partial charge in [0, 0.05) is 5.92 Å². The number of amides is 1. The van der Waals surface area contributed by atoms with Gasteiger partial charge >= 0.3 is 0 Å². The van der Waals surface area contributed by atoms with Crippen molar-refractivity contribution in [3.8, 4) is 0 Å². The van der Waals surface area contributed by atoms with Crippen LogP contribution in [0, 0.1) is 0 Å². The van der Waals surface area contributed by atoms with E-state index in [1.54, 1.807) is 12.1 Å². The van der Waals surface area contributed by atoms with E-state index in [-0.39, 0.29) is 11.7 Å². The normalized spacial score (nSPS) is 16.4. The highest BCUT2D eigenvalue weighted by Gasteiger charge is 2.20. The van der Waals surface area contributed by atoms with Crippen LogP contribution in [0.1, 0.15) is 34.3 Å². The summed E-state index contributed by atoms with van der Waals surface area (Å²) in [6.07, 6.45) is 3.61. The predicted octanol–water partition coefficient (Wildman–Crippen LogP) is 1.85. The Kier molecular flexibility index (Phi) is 3.56. The van der Waals surface area contributed by atoms with Gasteiger partial charge in [-0.1, -0.05) is 11.3 Å². The third-order valence-corrected chi connectivity index (χ3v) is 4.10. The summed E-state index contributed by atoms with van der Waals surface area (Å²) in [4.78, 5) is 11.8. The molecular formula is C12H14N4O2S. The third-order valence-electron chi connectivity index (χ3n) is 3.09. The lowest BCUT2D eigenvalue weighted by molar-refractivity contribution is 0.0996. The first kappa shape index (κ1) is 12.3. The first-order chi connectivity index (χ1) is 9.33. The number of nitrogens with one attached hydrogen (secondary N) is 2. The van der Waals surface area contributed by atoms with Crippen molar-refractivity contribution in [2.24, 2.45) is 0 Å². The lowest BCUT2D eigenvalue weighted by Crippen LogP contribution is -2.26. The molecule has 1 aliphatic rings. The zero-order valence-corrected chi connectivity index (χ0v) is 11.1. The summed E-state index contributed by atoms with van der Waals surface area (Å²) in [5.41, 5.74) is 0. The summed E-state index contributed by atoms with van der Waals surface area (Å²) >= 11 is 1.44. The zero-order valence-electron chi connectivity index (χ0n) is 10.3. The monoisotopic (exact) mass is 278 g/mol. The van der Waals surface area contributed by atoms with E-state index >= 15 is 0 Å². The molecule has 0 saturated carbocycles. The average Bonchev–Trinajstić information content (AvgIpc) is 3.11. The fourth-order valence-electron chi connectivity index (χ4n) is 2.09. The minimum Gasteiger partial charge on any atom is -0.459 e. The van der Waals surface area contributed by atoms with Gasteiger partial charge in [0.05, 0.1) is 6.26 Å². The first-order valence-corrected chi connectivity index (χ1v) is 7.03. The summed E-state index contributed by atoms with van der Waals surface area (Å²) < 4.78 is 5.03. The molecule has 2 aromatic rings. The quantitative estimate of drug-likeness (QED) is 0.895. The Morgan fingerprint density at radius 1 is 1.42 bits per heavy atom. The number of hydrogen-bond donors (Lipinski definition) is 2. The fourth-order valence-corrected chi connectivity index (χ4v) is 2.99. The van der Waals surface area contributed by atoms with E-state index in [0.717, 1.165) is 30.9 Å². The number of aromatic nitrogens is 2. The second kappa shape index (κ2) is 5.50. The molecular weight excluding hydrogens is 264 g/mol. The number of furan rings is 1. The molecule has 0 unspecified atom stereocenters. The fraction of sp³-hybridized carbons (Fsp3) is 0.417. The second-order valence-corrected chi connectivity index (χ2v) is 5.41. The first-order valence-electron chi connectivity index (χ1n) is 6.22. The topological polar surface area (TPSA) is 80.0 Å². The van der Waals surface area contributed by atoms with E-state index in [1.165, 1.54) is 17.6 Å². The second-order valence-electron chi connectivity index (χ2n) is 4.40. The van der Waals surface area contributed by atoms with Crippen LogP contribution in [0.15, 0.2) is 22.8 Å². The van der Waals surface area contributed by atoms with Gasteiger partial charge in [-0.2, -0.15) is 0 Å². The highest BCUT2D eigenvalue weighted by atomic mass is 32.1. The molecule has 0 atom stereocenters. The van der Waals surface area contributed by atoms with Gasteiger partial charge in [0.2, 0.25) is 5.13 Å². The maximum Gasteiger partial charge on any atom is 0.293 e. The molecule has 1 aliphatic heterocycles. The van der Waals surface area contributed by atoms with Gasteiger partial charge in [0.1, 0.15) is 5.01 Å². The summed E-state index contributed by atoms with van der Waals surface area (Å²) in [7, 11) is 0. The molecule has 2 aromatic heterocycles. The molecule has 1 amide bonds. The van der Waals surface area contributed by atoms with Gasteiger partial charge in [-0.25, -0.2) is 0 Å². The van der Waals surface area contributed by atoms with E-state index in [2.05, 4.69) is 20.8 Å². The van der Waals surface area contributed by atoms with Crippen molar-refractivity contribution in [3.63, 3.8) is 0 Å². The van der Waals surface area contributed by atoms with Crippen LogP contribution in [0.2, 0.25) is 0 Å².